The van der Waals surface area contributed by atoms with Gasteiger partial charge in [0.1, 0.15) is 0 Å². The molecule has 0 N–H and O–H groups in total. The predicted molar refractivity (Wildman–Crippen MR) is 112 cm³/mol. The molecule has 3 heteroatoms. The van der Waals surface area contributed by atoms with E-state index in [1.807, 2.05) is 36.4 Å². The summed E-state index contributed by atoms with van der Waals surface area (Å²) in [5.74, 6) is -0.211. The van der Waals surface area contributed by atoms with Crippen molar-refractivity contribution >= 4 is 5.97 Å². The number of nitrogens with zero attached hydrogens (tertiary/aromatic N) is 1. The normalized spacial score (nSPS) is 8.80. The van der Waals surface area contributed by atoms with Gasteiger partial charge in [0.2, 0.25) is 0 Å². The molecule has 148 valence electrons. The molecule has 0 saturated carbocycles. The molecule has 0 amide bonds. The van der Waals surface area contributed by atoms with Gasteiger partial charge in [-0.05, 0) is 26.6 Å². The molecule has 0 aliphatic rings. The number of benzene rings is 1. The molecule has 0 aliphatic carbocycles. The third kappa shape index (κ3) is 34.8. The summed E-state index contributed by atoms with van der Waals surface area (Å²) >= 11 is 0. The van der Waals surface area contributed by atoms with Crippen molar-refractivity contribution in [3.05, 3.63) is 36.4 Å². The molecule has 25 heavy (non-hydrogen) atoms. The summed E-state index contributed by atoms with van der Waals surface area (Å²) in [6.45, 7) is 18.2. The molecule has 0 saturated heterocycles. The van der Waals surface area contributed by atoms with E-state index >= 15 is 0 Å². The van der Waals surface area contributed by atoms with Crippen LogP contribution < -0.4 is 0 Å². The standard InChI is InChI=1S/C6H15N.C6H6.C6H14.C4H8O2/c1-4-7(5-2)6-3;1-2-4-6-5-3-1;1-3-5-6-4-2;1-3-6-4(2)5/h4-6H2,1-3H3;1-6H;3-6H2,1-2H3;3H2,1-2H3. The van der Waals surface area contributed by atoms with Crippen molar-refractivity contribution in [3.8, 4) is 0 Å². The van der Waals surface area contributed by atoms with Crippen LogP contribution in [0, 0.1) is 0 Å². The molecule has 0 radical (unpaired) electrons. The molecular formula is C22H43NO2. The van der Waals surface area contributed by atoms with Crippen molar-refractivity contribution in [1.29, 1.82) is 0 Å². The largest absolute Gasteiger partial charge is 0.466 e. The summed E-state index contributed by atoms with van der Waals surface area (Å²) in [6, 6.07) is 12.0. The van der Waals surface area contributed by atoms with Crippen molar-refractivity contribution in [3.63, 3.8) is 0 Å². The van der Waals surface area contributed by atoms with Crippen LogP contribution in [0.1, 0.15) is 74.1 Å². The lowest BCUT2D eigenvalue weighted by Gasteiger charge is -2.13. The number of hydrogen-bond acceptors (Lipinski definition) is 3. The number of rotatable bonds is 7. The average Bonchev–Trinajstić information content (AvgIpc) is 2.64. The van der Waals surface area contributed by atoms with E-state index in [9.17, 15) is 4.79 Å². The molecule has 0 bridgehead atoms. The van der Waals surface area contributed by atoms with Crippen LogP contribution in [0.4, 0.5) is 0 Å². The van der Waals surface area contributed by atoms with Crippen LogP contribution in [0.2, 0.25) is 0 Å². The number of carbonyl (C=O) groups excluding carboxylic acids is 1. The van der Waals surface area contributed by atoms with Crippen LogP contribution >= 0.6 is 0 Å². The van der Waals surface area contributed by atoms with Gasteiger partial charge in [0.05, 0.1) is 6.61 Å². The lowest BCUT2D eigenvalue weighted by Crippen LogP contribution is -2.21. The lowest BCUT2D eigenvalue weighted by atomic mass is 10.2. The zero-order chi connectivity index (χ0) is 19.8. The van der Waals surface area contributed by atoms with Crippen LogP contribution in [0.15, 0.2) is 36.4 Å². The quantitative estimate of drug-likeness (QED) is 0.432. The maximum absolute atomic E-state index is 9.82. The first-order valence-electron chi connectivity index (χ1n) is 9.89. The third-order valence-electron chi connectivity index (χ3n) is 3.31. The first kappa shape index (κ1) is 28.5. The van der Waals surface area contributed by atoms with E-state index in [2.05, 4.69) is 44.3 Å². The van der Waals surface area contributed by atoms with Gasteiger partial charge in [0.15, 0.2) is 0 Å². The summed E-state index contributed by atoms with van der Waals surface area (Å²) in [5.41, 5.74) is 0. The van der Waals surface area contributed by atoms with Gasteiger partial charge in [-0.2, -0.15) is 0 Å². The average molecular weight is 354 g/mol. The molecule has 1 aromatic rings. The Morgan fingerprint density at radius 1 is 0.720 bits per heavy atom. The van der Waals surface area contributed by atoms with E-state index < -0.39 is 0 Å². The minimum Gasteiger partial charge on any atom is -0.466 e. The molecule has 0 aromatic heterocycles. The Morgan fingerprint density at radius 2 is 1.04 bits per heavy atom. The Hall–Kier alpha value is -1.35. The first-order chi connectivity index (χ1) is 12.0. The van der Waals surface area contributed by atoms with Crippen LogP contribution in [0.3, 0.4) is 0 Å². The third-order valence-corrected chi connectivity index (χ3v) is 3.31. The zero-order valence-electron chi connectivity index (χ0n) is 17.9. The second-order valence-corrected chi connectivity index (χ2v) is 5.41. The molecule has 0 atom stereocenters. The number of carbonyl (C=O) groups is 1. The Bertz CT molecular complexity index is 288. The molecule has 0 aliphatic heterocycles. The minimum absolute atomic E-state index is 0.211. The fourth-order valence-corrected chi connectivity index (χ4v) is 1.76. The number of ether oxygens (including phenoxy) is 1. The van der Waals surface area contributed by atoms with Crippen molar-refractivity contribution in [2.45, 2.75) is 74.1 Å². The molecular weight excluding hydrogens is 310 g/mol. The van der Waals surface area contributed by atoms with Gasteiger partial charge >= 0.3 is 5.97 Å². The Morgan fingerprint density at radius 3 is 1.12 bits per heavy atom. The first-order valence-corrected chi connectivity index (χ1v) is 9.89. The van der Waals surface area contributed by atoms with E-state index in [1.165, 1.54) is 52.2 Å². The maximum Gasteiger partial charge on any atom is 0.302 e. The summed E-state index contributed by atoms with van der Waals surface area (Å²) in [5, 5.41) is 0. The monoisotopic (exact) mass is 353 g/mol. The van der Waals surface area contributed by atoms with Gasteiger partial charge in [-0.25, -0.2) is 0 Å². The molecule has 0 unspecified atom stereocenters. The predicted octanol–water partition coefficient (Wildman–Crippen LogP) is 6.19. The van der Waals surface area contributed by atoms with Gasteiger partial charge in [0.25, 0.3) is 0 Å². The van der Waals surface area contributed by atoms with Crippen LogP contribution in [0.5, 0.6) is 0 Å². The molecule has 0 spiro atoms. The Balaban J connectivity index is -0.000000259. The highest BCUT2D eigenvalue weighted by atomic mass is 16.5. The van der Waals surface area contributed by atoms with Crippen LogP contribution in [0.25, 0.3) is 0 Å². The SMILES string of the molecule is CCCCCC.CCN(CC)CC.CCOC(C)=O.c1ccccc1. The fourth-order valence-electron chi connectivity index (χ4n) is 1.76. The van der Waals surface area contributed by atoms with Gasteiger partial charge < -0.3 is 9.64 Å². The molecule has 1 aromatic carbocycles. The van der Waals surface area contributed by atoms with Gasteiger partial charge in [-0.1, -0.05) is 96.7 Å². The van der Waals surface area contributed by atoms with Crippen molar-refractivity contribution in [2.24, 2.45) is 0 Å². The smallest absolute Gasteiger partial charge is 0.302 e. The highest BCUT2D eigenvalue weighted by molar-refractivity contribution is 5.65. The maximum atomic E-state index is 9.82. The van der Waals surface area contributed by atoms with E-state index in [1.54, 1.807) is 6.92 Å². The Kier molecular flexibility index (Phi) is 31.3. The van der Waals surface area contributed by atoms with Crippen molar-refractivity contribution in [1.82, 2.24) is 4.90 Å². The van der Waals surface area contributed by atoms with Gasteiger partial charge in [-0.3, -0.25) is 4.79 Å². The molecule has 3 nitrogen and oxygen atoms in total. The number of unbranched alkanes of at least 4 members (excludes halogenated alkanes) is 3. The van der Waals surface area contributed by atoms with E-state index in [4.69, 9.17) is 0 Å². The van der Waals surface area contributed by atoms with Crippen LogP contribution in [-0.4, -0.2) is 37.1 Å². The number of esters is 1. The lowest BCUT2D eigenvalue weighted by molar-refractivity contribution is -0.140. The highest BCUT2D eigenvalue weighted by Crippen LogP contribution is 1.95. The summed E-state index contributed by atoms with van der Waals surface area (Å²) in [6.07, 6.45) is 5.54. The van der Waals surface area contributed by atoms with Crippen molar-refractivity contribution < 1.29 is 9.53 Å². The summed E-state index contributed by atoms with van der Waals surface area (Å²) < 4.78 is 4.40. The van der Waals surface area contributed by atoms with E-state index in [-0.39, 0.29) is 5.97 Å². The second-order valence-electron chi connectivity index (χ2n) is 5.41. The van der Waals surface area contributed by atoms with E-state index in [0.29, 0.717) is 6.61 Å². The summed E-state index contributed by atoms with van der Waals surface area (Å²) in [4.78, 5) is 12.2. The second kappa shape index (κ2) is 27.5. The highest BCUT2D eigenvalue weighted by Gasteiger charge is 1.89. The zero-order valence-corrected chi connectivity index (χ0v) is 17.9. The van der Waals surface area contributed by atoms with E-state index in [0.717, 1.165) is 0 Å². The van der Waals surface area contributed by atoms with Crippen molar-refractivity contribution in [2.75, 3.05) is 26.2 Å². The topological polar surface area (TPSA) is 29.5 Å². The van der Waals surface area contributed by atoms with Gasteiger partial charge in [-0.15, -0.1) is 0 Å². The van der Waals surface area contributed by atoms with Gasteiger partial charge in [0, 0.05) is 6.92 Å². The molecule has 0 fully saturated rings. The fraction of sp³-hybridized carbons (Fsp3) is 0.682. The minimum atomic E-state index is -0.211. The Labute approximate surface area is 157 Å². The number of hydrogen-bond donors (Lipinski definition) is 0. The molecule has 0 heterocycles. The van der Waals surface area contributed by atoms with Crippen LogP contribution in [-0.2, 0) is 9.53 Å². The molecule has 1 rings (SSSR count). The summed E-state index contributed by atoms with van der Waals surface area (Å²) in [7, 11) is 0.